The van der Waals surface area contributed by atoms with Gasteiger partial charge in [0.15, 0.2) is 6.61 Å². The average Bonchev–Trinajstić information content (AvgIpc) is 3.29. The maximum atomic E-state index is 14.4. The standard InChI is InChI=1S/C29H27ClN2O6S/c1-28(2,3)19-6-10-21(11-7-19)32-25(33)17-39(37)29(32)23-14-22(38-16-26(34)35)12-13-24(23)31(27(29)36)15-18-4-8-20(30)9-5-18/h4-14H,15-17H2,1-3H3,(H,34,35). The summed E-state index contributed by atoms with van der Waals surface area (Å²) in [6.45, 7) is 5.79. The maximum Gasteiger partial charge on any atom is 0.341 e. The fourth-order valence-electron chi connectivity index (χ4n) is 5.02. The van der Waals surface area contributed by atoms with E-state index in [0.29, 0.717) is 22.0 Å². The van der Waals surface area contributed by atoms with Crippen LogP contribution in [0.2, 0.25) is 5.02 Å². The highest BCUT2D eigenvalue weighted by molar-refractivity contribution is 7.88. The van der Waals surface area contributed by atoms with Gasteiger partial charge in [0.2, 0.25) is 10.8 Å². The fourth-order valence-corrected chi connectivity index (χ4v) is 6.84. The van der Waals surface area contributed by atoms with Crippen molar-refractivity contribution < 1.29 is 28.4 Å². The molecule has 1 spiro atoms. The van der Waals surface area contributed by atoms with Crippen molar-refractivity contribution in [2.75, 3.05) is 22.2 Å². The highest BCUT2D eigenvalue weighted by atomic mass is 35.5. The molecule has 2 aliphatic heterocycles. The number of hydrogen-bond donors (Lipinski definition) is 1. The van der Waals surface area contributed by atoms with E-state index in [9.17, 15) is 18.6 Å². The first-order valence-corrected chi connectivity index (χ1v) is 14.0. The molecule has 2 unspecified atom stereocenters. The van der Waals surface area contributed by atoms with Gasteiger partial charge in [-0.05, 0) is 59.0 Å². The average molecular weight is 567 g/mol. The summed E-state index contributed by atoms with van der Waals surface area (Å²) in [5.41, 5.74) is 2.95. The Labute approximate surface area is 233 Å². The molecule has 202 valence electrons. The van der Waals surface area contributed by atoms with Crippen molar-refractivity contribution in [3.63, 3.8) is 0 Å². The Bertz CT molecular complexity index is 1500. The van der Waals surface area contributed by atoms with E-state index in [0.717, 1.165) is 11.1 Å². The van der Waals surface area contributed by atoms with Crippen LogP contribution in [0.3, 0.4) is 0 Å². The van der Waals surface area contributed by atoms with Crippen molar-refractivity contribution in [2.45, 2.75) is 37.6 Å². The van der Waals surface area contributed by atoms with E-state index in [4.69, 9.17) is 21.4 Å². The topological polar surface area (TPSA) is 104 Å². The van der Waals surface area contributed by atoms with Gasteiger partial charge in [0.25, 0.3) is 5.91 Å². The van der Waals surface area contributed by atoms with Crippen molar-refractivity contribution in [1.29, 1.82) is 0 Å². The Balaban J connectivity index is 1.67. The predicted molar refractivity (Wildman–Crippen MR) is 150 cm³/mol. The summed E-state index contributed by atoms with van der Waals surface area (Å²) in [6.07, 6.45) is 0. The molecule has 2 aliphatic rings. The van der Waals surface area contributed by atoms with Crippen LogP contribution in [0, 0.1) is 0 Å². The first kappa shape index (κ1) is 26.9. The zero-order valence-corrected chi connectivity index (χ0v) is 23.2. The van der Waals surface area contributed by atoms with Gasteiger partial charge < -0.3 is 14.7 Å². The molecular formula is C29H27ClN2O6S. The van der Waals surface area contributed by atoms with Crippen LogP contribution in [0.25, 0.3) is 0 Å². The molecule has 1 saturated heterocycles. The molecule has 5 rings (SSSR count). The van der Waals surface area contributed by atoms with Gasteiger partial charge in [-0.1, -0.05) is 56.6 Å². The van der Waals surface area contributed by atoms with Gasteiger partial charge in [0, 0.05) is 16.3 Å². The molecule has 10 heteroatoms. The third-order valence-corrected chi connectivity index (χ3v) is 8.91. The van der Waals surface area contributed by atoms with Gasteiger partial charge in [0.05, 0.1) is 23.0 Å². The van der Waals surface area contributed by atoms with Crippen molar-refractivity contribution in [1.82, 2.24) is 0 Å². The minimum Gasteiger partial charge on any atom is -0.482 e. The second-order valence-electron chi connectivity index (χ2n) is 10.5. The predicted octanol–water partition coefficient (Wildman–Crippen LogP) is 4.60. The van der Waals surface area contributed by atoms with Crippen molar-refractivity contribution in [3.8, 4) is 5.75 Å². The number of hydrogen-bond acceptors (Lipinski definition) is 5. The monoisotopic (exact) mass is 566 g/mol. The van der Waals surface area contributed by atoms with E-state index >= 15 is 0 Å². The van der Waals surface area contributed by atoms with E-state index in [1.54, 1.807) is 48.5 Å². The summed E-state index contributed by atoms with van der Waals surface area (Å²) in [5, 5.41) is 9.64. The van der Waals surface area contributed by atoms with Crippen LogP contribution in [0.5, 0.6) is 5.75 Å². The first-order valence-electron chi connectivity index (χ1n) is 12.3. The number of benzene rings is 3. The first-order chi connectivity index (χ1) is 18.4. The number of carboxylic acid groups (broad SMARTS) is 1. The number of carboxylic acids is 1. The lowest BCUT2D eigenvalue weighted by molar-refractivity contribution is -0.139. The van der Waals surface area contributed by atoms with Crippen LogP contribution in [-0.4, -0.2) is 39.5 Å². The fraction of sp³-hybridized carbons (Fsp3) is 0.276. The molecular weight excluding hydrogens is 540 g/mol. The maximum absolute atomic E-state index is 14.4. The van der Waals surface area contributed by atoms with E-state index in [-0.39, 0.29) is 23.5 Å². The highest BCUT2D eigenvalue weighted by Gasteiger charge is 2.65. The molecule has 2 atom stereocenters. The zero-order chi connectivity index (χ0) is 28.1. The van der Waals surface area contributed by atoms with E-state index < -0.39 is 40.1 Å². The lowest BCUT2D eigenvalue weighted by Gasteiger charge is -2.33. The minimum absolute atomic E-state index is 0.129. The Morgan fingerprint density at radius 2 is 1.72 bits per heavy atom. The molecule has 0 saturated carbocycles. The summed E-state index contributed by atoms with van der Waals surface area (Å²) in [6, 6.07) is 19.1. The summed E-state index contributed by atoms with van der Waals surface area (Å²) >= 11 is 6.05. The Morgan fingerprint density at radius 3 is 2.33 bits per heavy atom. The second kappa shape index (κ2) is 9.81. The number of fused-ring (bicyclic) bond motifs is 2. The number of ether oxygens (including phenoxy) is 1. The smallest absolute Gasteiger partial charge is 0.341 e. The quantitative estimate of drug-likeness (QED) is 0.468. The molecule has 1 fully saturated rings. The van der Waals surface area contributed by atoms with Crippen molar-refractivity contribution >= 4 is 51.6 Å². The summed E-state index contributed by atoms with van der Waals surface area (Å²) in [4.78, 5) is 39.9. The molecule has 2 amide bonds. The Morgan fingerprint density at radius 1 is 1.05 bits per heavy atom. The van der Waals surface area contributed by atoms with Gasteiger partial charge in [-0.2, -0.15) is 0 Å². The third-order valence-electron chi connectivity index (χ3n) is 6.92. The molecule has 0 bridgehead atoms. The molecule has 8 nitrogen and oxygen atoms in total. The van der Waals surface area contributed by atoms with Gasteiger partial charge in [-0.15, -0.1) is 0 Å². The molecule has 2 heterocycles. The number of aliphatic carboxylic acids is 1. The second-order valence-corrected chi connectivity index (χ2v) is 12.5. The number of nitrogens with zero attached hydrogens (tertiary/aromatic N) is 2. The largest absolute Gasteiger partial charge is 0.482 e. The van der Waals surface area contributed by atoms with Crippen LogP contribution >= 0.6 is 11.6 Å². The molecule has 0 aromatic heterocycles. The van der Waals surface area contributed by atoms with E-state index in [1.165, 1.54) is 15.9 Å². The van der Waals surface area contributed by atoms with Crippen molar-refractivity contribution in [2.24, 2.45) is 0 Å². The molecule has 0 radical (unpaired) electrons. The van der Waals surface area contributed by atoms with Gasteiger partial charge in [-0.25, -0.2) is 4.79 Å². The van der Waals surface area contributed by atoms with E-state index in [2.05, 4.69) is 20.8 Å². The molecule has 39 heavy (non-hydrogen) atoms. The van der Waals surface area contributed by atoms with Crippen LogP contribution < -0.4 is 14.5 Å². The number of anilines is 2. The van der Waals surface area contributed by atoms with E-state index in [1.807, 2.05) is 12.1 Å². The lowest BCUT2D eigenvalue weighted by Crippen LogP contribution is -2.52. The molecule has 1 N–H and O–H groups in total. The number of rotatable bonds is 6. The Kier molecular flexibility index (Phi) is 6.76. The zero-order valence-electron chi connectivity index (χ0n) is 21.6. The third kappa shape index (κ3) is 4.59. The van der Waals surface area contributed by atoms with Crippen molar-refractivity contribution in [3.05, 3.63) is 88.4 Å². The van der Waals surface area contributed by atoms with Crippen LogP contribution in [-0.2, 0) is 42.0 Å². The van der Waals surface area contributed by atoms with Crippen LogP contribution in [0.4, 0.5) is 11.4 Å². The number of carbonyl (C=O) groups excluding carboxylic acids is 2. The summed E-state index contributed by atoms with van der Waals surface area (Å²) in [7, 11) is -1.94. The molecule has 0 aliphatic carbocycles. The van der Waals surface area contributed by atoms with Gasteiger partial charge >= 0.3 is 5.97 Å². The van der Waals surface area contributed by atoms with Gasteiger partial charge in [0.1, 0.15) is 11.5 Å². The highest BCUT2D eigenvalue weighted by Crippen LogP contribution is 2.52. The van der Waals surface area contributed by atoms with Crippen LogP contribution in [0.15, 0.2) is 66.7 Å². The summed E-state index contributed by atoms with van der Waals surface area (Å²) < 4.78 is 19.3. The summed E-state index contributed by atoms with van der Waals surface area (Å²) in [5.74, 6) is -2.25. The molecule has 3 aromatic carbocycles. The normalized spacial score (nSPS) is 20.6. The van der Waals surface area contributed by atoms with Crippen LogP contribution in [0.1, 0.15) is 37.5 Å². The molecule has 3 aromatic rings. The number of amides is 2. The van der Waals surface area contributed by atoms with Gasteiger partial charge in [-0.3, -0.25) is 18.7 Å². The Hall–Kier alpha value is -3.69. The number of carbonyl (C=O) groups is 3. The number of halogens is 1. The minimum atomic E-state index is -1.94. The lowest BCUT2D eigenvalue weighted by atomic mass is 9.87. The SMILES string of the molecule is CC(C)(C)c1ccc(N2C(=O)CS(=O)C23C(=O)N(Cc2ccc(Cl)cc2)c2ccc(OCC(=O)O)cc23)cc1.